The molecular weight excluding hydrogens is 227 g/mol. The van der Waals surface area contributed by atoms with Crippen molar-refractivity contribution in [2.45, 2.75) is 50.7 Å². The van der Waals surface area contributed by atoms with Crippen LogP contribution in [0.3, 0.4) is 0 Å². The van der Waals surface area contributed by atoms with E-state index in [0.29, 0.717) is 19.3 Å². The Hall–Kier alpha value is 0.0400. The molecule has 0 radical (unpaired) electrons. The summed E-state index contributed by atoms with van der Waals surface area (Å²) in [5.41, 5.74) is -1.38. The highest BCUT2D eigenvalue weighted by atomic mass is 35.5. The Balaban J connectivity index is 0.00000112. The van der Waals surface area contributed by atoms with E-state index in [1.807, 2.05) is 0 Å². The molecule has 1 aliphatic carbocycles. The largest absolute Gasteiger partial charge is 0.395 e. The van der Waals surface area contributed by atoms with Crippen LogP contribution in [0.4, 0.5) is 13.2 Å². The van der Waals surface area contributed by atoms with Crippen LogP contribution in [0.5, 0.6) is 0 Å². The van der Waals surface area contributed by atoms with Gasteiger partial charge in [0.2, 0.25) is 0 Å². The van der Waals surface area contributed by atoms with Gasteiger partial charge >= 0.3 is 6.18 Å². The maximum absolute atomic E-state index is 12.9. The zero-order chi connectivity index (χ0) is 10.2. The highest BCUT2D eigenvalue weighted by Gasteiger charge is 2.62. The van der Waals surface area contributed by atoms with Gasteiger partial charge in [0.25, 0.3) is 0 Å². The quantitative estimate of drug-likeness (QED) is 0.745. The summed E-state index contributed by atoms with van der Waals surface area (Å²) in [6.07, 6.45) is 0.0275. The minimum atomic E-state index is -4.01. The molecule has 1 atom stereocenters. The molecule has 1 unspecified atom stereocenters. The van der Waals surface area contributed by atoms with Crippen LogP contribution >= 0.6 is 12.4 Å². The van der Waals surface area contributed by atoms with E-state index in [1.54, 1.807) is 0 Å². The van der Waals surface area contributed by atoms with Crippen LogP contribution in [0.15, 0.2) is 0 Å². The Bertz CT molecular complexity index is 207. The molecule has 2 aliphatic rings. The molecule has 0 spiro atoms. The molecule has 1 aliphatic heterocycles. The van der Waals surface area contributed by atoms with E-state index in [-0.39, 0.29) is 18.4 Å². The van der Waals surface area contributed by atoms with Gasteiger partial charge < -0.3 is 5.32 Å². The molecule has 90 valence electrons. The first-order chi connectivity index (χ1) is 6.56. The summed E-state index contributed by atoms with van der Waals surface area (Å²) in [6.45, 7) is 0.752. The third kappa shape index (κ3) is 2.11. The first kappa shape index (κ1) is 13.1. The van der Waals surface area contributed by atoms with Crippen molar-refractivity contribution < 1.29 is 13.2 Å². The van der Waals surface area contributed by atoms with Gasteiger partial charge in [0.15, 0.2) is 0 Å². The number of hydrogen-bond acceptors (Lipinski definition) is 1. The lowest BCUT2D eigenvalue weighted by Crippen LogP contribution is -2.58. The molecule has 0 aromatic heterocycles. The fourth-order valence-corrected chi connectivity index (χ4v) is 2.71. The Kier molecular flexibility index (Phi) is 3.93. The lowest BCUT2D eigenvalue weighted by Gasteiger charge is -2.50. The van der Waals surface area contributed by atoms with Gasteiger partial charge in [0.1, 0.15) is 0 Å². The molecular formula is C10H17ClF3N. The zero-order valence-electron chi connectivity index (χ0n) is 8.57. The molecule has 1 saturated carbocycles. The van der Waals surface area contributed by atoms with Gasteiger partial charge in [-0.2, -0.15) is 13.2 Å². The second-order valence-corrected chi connectivity index (χ2v) is 4.51. The number of hydrogen-bond donors (Lipinski definition) is 1. The molecule has 2 fully saturated rings. The second kappa shape index (κ2) is 4.50. The summed E-state index contributed by atoms with van der Waals surface area (Å²) in [5.74, 6) is 0. The fraction of sp³-hybridized carbons (Fsp3) is 1.00. The topological polar surface area (TPSA) is 12.0 Å². The van der Waals surface area contributed by atoms with Crippen molar-refractivity contribution in [3.63, 3.8) is 0 Å². The molecule has 2 rings (SSSR count). The highest BCUT2D eigenvalue weighted by molar-refractivity contribution is 5.85. The smallest absolute Gasteiger partial charge is 0.313 e. The minimum absolute atomic E-state index is 0. The van der Waals surface area contributed by atoms with Gasteiger partial charge in [-0.25, -0.2) is 0 Å². The maximum atomic E-state index is 12.9. The van der Waals surface area contributed by atoms with Crippen LogP contribution in [0.1, 0.15) is 38.5 Å². The number of nitrogens with one attached hydrogen (secondary N) is 1. The molecule has 1 heterocycles. The SMILES string of the molecule is Cl.FC(F)(F)C1(C2CCCCN2)CCC1. The van der Waals surface area contributed by atoms with E-state index < -0.39 is 11.6 Å². The predicted octanol–water partition coefficient (Wildman–Crippen LogP) is 3.28. The van der Waals surface area contributed by atoms with Gasteiger partial charge in [-0.15, -0.1) is 12.4 Å². The number of alkyl halides is 3. The Morgan fingerprint density at radius 1 is 1.07 bits per heavy atom. The van der Waals surface area contributed by atoms with E-state index in [4.69, 9.17) is 0 Å². The van der Waals surface area contributed by atoms with Crippen LogP contribution in [0, 0.1) is 5.41 Å². The Morgan fingerprint density at radius 3 is 2.07 bits per heavy atom. The molecule has 1 N–H and O–H groups in total. The van der Waals surface area contributed by atoms with Crippen LogP contribution < -0.4 is 5.32 Å². The number of rotatable bonds is 1. The second-order valence-electron chi connectivity index (χ2n) is 4.51. The molecule has 0 bridgehead atoms. The van der Waals surface area contributed by atoms with Crippen molar-refractivity contribution in [2.75, 3.05) is 6.54 Å². The fourth-order valence-electron chi connectivity index (χ4n) is 2.71. The van der Waals surface area contributed by atoms with Crippen molar-refractivity contribution in [2.24, 2.45) is 5.41 Å². The number of piperidine rings is 1. The van der Waals surface area contributed by atoms with Gasteiger partial charge in [-0.3, -0.25) is 0 Å². The summed E-state index contributed by atoms with van der Waals surface area (Å²) in [6, 6.07) is -0.315. The third-order valence-electron chi connectivity index (χ3n) is 3.79. The monoisotopic (exact) mass is 243 g/mol. The van der Waals surface area contributed by atoms with Crippen molar-refractivity contribution in [3.05, 3.63) is 0 Å². The van der Waals surface area contributed by atoms with Crippen molar-refractivity contribution in [1.29, 1.82) is 0 Å². The first-order valence-corrected chi connectivity index (χ1v) is 5.36. The van der Waals surface area contributed by atoms with Gasteiger partial charge in [-0.1, -0.05) is 12.8 Å². The van der Waals surface area contributed by atoms with E-state index in [9.17, 15) is 13.2 Å². The zero-order valence-corrected chi connectivity index (χ0v) is 9.39. The molecule has 1 nitrogen and oxygen atoms in total. The summed E-state index contributed by atoms with van der Waals surface area (Å²) < 4.78 is 38.7. The summed E-state index contributed by atoms with van der Waals surface area (Å²) in [5, 5.41) is 3.05. The molecule has 0 aromatic rings. The van der Waals surface area contributed by atoms with Crippen molar-refractivity contribution in [1.82, 2.24) is 5.32 Å². The normalized spacial score (nSPS) is 30.2. The van der Waals surface area contributed by atoms with Crippen molar-refractivity contribution in [3.8, 4) is 0 Å². The average Bonchev–Trinajstić information content (AvgIpc) is 2.01. The van der Waals surface area contributed by atoms with E-state index in [1.165, 1.54) is 0 Å². The van der Waals surface area contributed by atoms with Gasteiger partial charge in [0.05, 0.1) is 5.41 Å². The summed E-state index contributed by atoms with van der Waals surface area (Å²) >= 11 is 0. The maximum Gasteiger partial charge on any atom is 0.395 e. The standard InChI is InChI=1S/C10H16F3N.ClH/c11-10(12,13)9(5-3-6-9)8-4-1-2-7-14-8;/h8,14H,1-7H2;1H. The number of halogens is 4. The summed E-state index contributed by atoms with van der Waals surface area (Å²) in [4.78, 5) is 0. The molecule has 0 amide bonds. The Morgan fingerprint density at radius 2 is 1.73 bits per heavy atom. The molecule has 1 saturated heterocycles. The Labute approximate surface area is 94.2 Å². The molecule has 5 heteroatoms. The lowest BCUT2D eigenvalue weighted by atomic mass is 9.62. The van der Waals surface area contributed by atoms with Gasteiger partial charge in [0, 0.05) is 6.04 Å². The lowest BCUT2D eigenvalue weighted by molar-refractivity contribution is -0.263. The van der Waals surface area contributed by atoms with E-state index in [2.05, 4.69) is 5.32 Å². The minimum Gasteiger partial charge on any atom is -0.313 e. The predicted molar refractivity (Wildman–Crippen MR) is 55.2 cm³/mol. The van der Waals surface area contributed by atoms with Crippen LogP contribution in [-0.2, 0) is 0 Å². The van der Waals surface area contributed by atoms with E-state index >= 15 is 0 Å². The van der Waals surface area contributed by atoms with E-state index in [0.717, 1.165) is 25.8 Å². The summed E-state index contributed by atoms with van der Waals surface area (Å²) in [7, 11) is 0. The van der Waals surface area contributed by atoms with Gasteiger partial charge in [-0.05, 0) is 32.2 Å². The third-order valence-corrected chi connectivity index (χ3v) is 3.79. The molecule has 0 aromatic carbocycles. The first-order valence-electron chi connectivity index (χ1n) is 5.36. The molecule has 15 heavy (non-hydrogen) atoms. The average molecular weight is 244 g/mol. The van der Waals surface area contributed by atoms with Crippen LogP contribution in [0.25, 0.3) is 0 Å². The van der Waals surface area contributed by atoms with Crippen LogP contribution in [0.2, 0.25) is 0 Å². The van der Waals surface area contributed by atoms with Crippen LogP contribution in [-0.4, -0.2) is 18.8 Å². The highest BCUT2D eigenvalue weighted by Crippen LogP contribution is 2.56. The van der Waals surface area contributed by atoms with Crippen molar-refractivity contribution >= 4 is 12.4 Å².